The molecule has 0 radical (unpaired) electrons. The van der Waals surface area contributed by atoms with Crippen LogP contribution in [0.2, 0.25) is 0 Å². The van der Waals surface area contributed by atoms with Gasteiger partial charge in [0.05, 0.1) is 0 Å². The zero-order valence-electron chi connectivity index (χ0n) is 18.0. The van der Waals surface area contributed by atoms with E-state index >= 15 is 0 Å². The molecular weight excluding hydrogens is 374 g/mol. The van der Waals surface area contributed by atoms with E-state index in [4.69, 9.17) is 9.15 Å². The van der Waals surface area contributed by atoms with Crippen LogP contribution >= 0.6 is 0 Å². The highest BCUT2D eigenvalue weighted by Crippen LogP contribution is 2.59. The number of furan rings is 1. The minimum atomic E-state index is -0.0964. The van der Waals surface area contributed by atoms with Crippen LogP contribution in [0.3, 0.4) is 0 Å². The minimum Gasteiger partial charge on any atom is -0.486 e. The van der Waals surface area contributed by atoms with Crippen molar-refractivity contribution in [2.45, 2.75) is 64.9 Å². The zero-order chi connectivity index (χ0) is 20.6. The molecule has 1 aromatic carbocycles. The van der Waals surface area contributed by atoms with Gasteiger partial charge in [-0.25, -0.2) is 0 Å². The largest absolute Gasteiger partial charge is 0.486 e. The molecule has 4 aliphatic rings. The van der Waals surface area contributed by atoms with E-state index in [1.807, 2.05) is 18.2 Å². The van der Waals surface area contributed by atoms with Crippen molar-refractivity contribution in [2.24, 2.45) is 23.2 Å². The molecule has 4 nitrogen and oxygen atoms in total. The van der Waals surface area contributed by atoms with Gasteiger partial charge in [-0.05, 0) is 97.9 Å². The highest BCUT2D eigenvalue weighted by atomic mass is 16.5. The monoisotopic (exact) mass is 407 g/mol. The van der Waals surface area contributed by atoms with Gasteiger partial charge in [-0.1, -0.05) is 25.5 Å². The second-order valence-electron chi connectivity index (χ2n) is 10.0. The van der Waals surface area contributed by atoms with Gasteiger partial charge in [0.2, 0.25) is 0 Å². The van der Waals surface area contributed by atoms with Crippen molar-refractivity contribution in [3.8, 4) is 5.75 Å². The Balaban J connectivity index is 1.13. The quantitative estimate of drug-likeness (QED) is 0.605. The Morgan fingerprint density at radius 2 is 1.70 bits per heavy atom. The first-order valence-electron chi connectivity index (χ1n) is 11.7. The maximum Gasteiger partial charge on any atom is 0.287 e. The van der Waals surface area contributed by atoms with Crippen LogP contribution in [0.5, 0.6) is 5.75 Å². The van der Waals surface area contributed by atoms with E-state index < -0.39 is 0 Å². The fourth-order valence-corrected chi connectivity index (χ4v) is 6.63. The molecule has 0 saturated heterocycles. The summed E-state index contributed by atoms with van der Waals surface area (Å²) in [5, 5.41) is 3.19. The normalized spacial score (nSPS) is 29.2. The van der Waals surface area contributed by atoms with E-state index in [1.54, 1.807) is 6.07 Å². The molecule has 160 valence electrons. The second kappa shape index (κ2) is 8.13. The first kappa shape index (κ1) is 19.7. The van der Waals surface area contributed by atoms with E-state index in [0.717, 1.165) is 42.9 Å². The average Bonchev–Trinajstić information content (AvgIpc) is 3.20. The molecule has 4 saturated carbocycles. The molecule has 0 unspecified atom stereocenters. The lowest BCUT2D eigenvalue weighted by molar-refractivity contribution is -0.0504. The molecule has 4 aliphatic carbocycles. The van der Waals surface area contributed by atoms with Crippen molar-refractivity contribution < 1.29 is 13.9 Å². The maximum atomic E-state index is 12.7. The third kappa shape index (κ3) is 4.14. The smallest absolute Gasteiger partial charge is 0.287 e. The lowest BCUT2D eigenvalue weighted by atomic mass is 9.49. The molecule has 1 N–H and O–H groups in total. The first-order valence-corrected chi connectivity index (χ1v) is 11.7. The Hall–Kier alpha value is -2.23. The number of hydrogen-bond donors (Lipinski definition) is 1. The summed E-state index contributed by atoms with van der Waals surface area (Å²) >= 11 is 0. The fourth-order valence-electron chi connectivity index (χ4n) is 6.63. The lowest BCUT2D eigenvalue weighted by Gasteiger charge is -2.56. The summed E-state index contributed by atoms with van der Waals surface area (Å²) in [4.78, 5) is 12.7. The molecule has 6 rings (SSSR count). The highest BCUT2D eigenvalue weighted by molar-refractivity contribution is 5.91. The van der Waals surface area contributed by atoms with Gasteiger partial charge in [0, 0.05) is 6.54 Å². The Kier molecular flexibility index (Phi) is 5.34. The summed E-state index contributed by atoms with van der Waals surface area (Å²) < 4.78 is 11.6. The number of carbonyl (C=O) groups is 1. The van der Waals surface area contributed by atoms with Gasteiger partial charge >= 0.3 is 0 Å². The maximum absolute atomic E-state index is 12.7. The van der Waals surface area contributed by atoms with Crippen LogP contribution in [0.1, 0.15) is 73.7 Å². The van der Waals surface area contributed by atoms with E-state index in [2.05, 4.69) is 24.4 Å². The van der Waals surface area contributed by atoms with Gasteiger partial charge in [-0.15, -0.1) is 0 Å². The number of hydrogen-bond acceptors (Lipinski definition) is 3. The van der Waals surface area contributed by atoms with Crippen LogP contribution in [0.25, 0.3) is 0 Å². The molecule has 0 atom stereocenters. The Morgan fingerprint density at radius 3 is 2.33 bits per heavy atom. The average molecular weight is 408 g/mol. The SMILES string of the molecule is CCCc1ccc(OCc2ccc(C(=O)NCC34CC5CC(CC(C5)C3)C4)o2)cc1. The van der Waals surface area contributed by atoms with Crippen LogP contribution in [0.4, 0.5) is 0 Å². The van der Waals surface area contributed by atoms with Gasteiger partial charge in [0.1, 0.15) is 18.1 Å². The van der Waals surface area contributed by atoms with Crippen LogP contribution < -0.4 is 10.1 Å². The molecule has 1 aromatic heterocycles. The lowest BCUT2D eigenvalue weighted by Crippen LogP contribution is -2.51. The van der Waals surface area contributed by atoms with Crippen molar-refractivity contribution in [1.29, 1.82) is 0 Å². The molecular formula is C26H33NO3. The summed E-state index contributed by atoms with van der Waals surface area (Å²) in [5.74, 6) is 4.48. The topological polar surface area (TPSA) is 51.5 Å². The van der Waals surface area contributed by atoms with Gasteiger partial charge in [-0.3, -0.25) is 4.79 Å². The van der Waals surface area contributed by atoms with Crippen LogP contribution in [-0.4, -0.2) is 12.5 Å². The summed E-state index contributed by atoms with van der Waals surface area (Å²) in [5.41, 5.74) is 1.66. The standard InChI is InChI=1S/C26H33NO3/c1-2-3-18-4-6-22(7-5-18)29-16-23-8-9-24(30-23)25(28)27-17-26-13-19-10-20(14-26)12-21(11-19)15-26/h4-9,19-21H,2-3,10-17H2,1H3,(H,27,28). The predicted molar refractivity (Wildman–Crippen MR) is 116 cm³/mol. The molecule has 4 heteroatoms. The summed E-state index contributed by atoms with van der Waals surface area (Å²) in [6.07, 6.45) is 10.4. The Labute approximate surface area is 179 Å². The molecule has 2 aromatic rings. The van der Waals surface area contributed by atoms with Gasteiger partial charge in [0.25, 0.3) is 5.91 Å². The van der Waals surface area contributed by atoms with Crippen LogP contribution in [-0.2, 0) is 13.0 Å². The third-order valence-corrected chi connectivity index (χ3v) is 7.52. The van der Waals surface area contributed by atoms with E-state index in [9.17, 15) is 4.79 Å². The molecule has 0 spiro atoms. The highest BCUT2D eigenvalue weighted by Gasteiger charge is 2.50. The molecule has 0 aliphatic heterocycles. The Morgan fingerprint density at radius 1 is 1.03 bits per heavy atom. The number of ether oxygens (including phenoxy) is 1. The zero-order valence-corrected chi connectivity index (χ0v) is 18.0. The van der Waals surface area contributed by atoms with Crippen molar-refractivity contribution in [3.63, 3.8) is 0 Å². The van der Waals surface area contributed by atoms with Gasteiger partial charge in [-0.2, -0.15) is 0 Å². The number of carbonyl (C=O) groups excluding carboxylic acids is 1. The predicted octanol–water partition coefficient (Wildman–Crippen LogP) is 5.76. The van der Waals surface area contributed by atoms with Gasteiger partial charge in [0.15, 0.2) is 5.76 Å². The first-order chi connectivity index (χ1) is 14.6. The van der Waals surface area contributed by atoms with Gasteiger partial charge < -0.3 is 14.5 Å². The number of rotatable bonds is 8. The molecule has 4 bridgehead atoms. The van der Waals surface area contributed by atoms with E-state index in [-0.39, 0.29) is 5.91 Å². The Bertz CT molecular complexity index is 847. The van der Waals surface area contributed by atoms with E-state index in [1.165, 1.54) is 44.1 Å². The molecule has 30 heavy (non-hydrogen) atoms. The van der Waals surface area contributed by atoms with E-state index in [0.29, 0.717) is 23.5 Å². The number of aryl methyl sites for hydroxylation is 1. The van der Waals surface area contributed by atoms with Crippen LogP contribution in [0.15, 0.2) is 40.8 Å². The molecule has 1 heterocycles. The summed E-state index contributed by atoms with van der Waals surface area (Å²) in [6, 6.07) is 11.8. The number of amides is 1. The van der Waals surface area contributed by atoms with Crippen LogP contribution in [0, 0.1) is 23.2 Å². The molecule has 1 amide bonds. The number of benzene rings is 1. The van der Waals surface area contributed by atoms with Crippen molar-refractivity contribution in [3.05, 3.63) is 53.5 Å². The van der Waals surface area contributed by atoms with Crippen molar-refractivity contribution >= 4 is 5.91 Å². The minimum absolute atomic E-state index is 0.0964. The van der Waals surface area contributed by atoms with Crippen molar-refractivity contribution in [2.75, 3.05) is 6.54 Å². The molecule has 4 fully saturated rings. The summed E-state index contributed by atoms with van der Waals surface area (Å²) in [7, 11) is 0. The van der Waals surface area contributed by atoms with Crippen molar-refractivity contribution in [1.82, 2.24) is 5.32 Å². The number of nitrogens with one attached hydrogen (secondary N) is 1. The second-order valence-corrected chi connectivity index (χ2v) is 10.0. The summed E-state index contributed by atoms with van der Waals surface area (Å²) in [6.45, 7) is 3.31. The fraction of sp³-hybridized carbons (Fsp3) is 0.577. The third-order valence-electron chi connectivity index (χ3n) is 7.52.